The number of rotatable bonds is 6. The van der Waals surface area contributed by atoms with E-state index in [1.165, 1.54) is 0 Å². The molecule has 5 nitrogen and oxygen atoms in total. The quantitative estimate of drug-likeness (QED) is 0.786. The summed E-state index contributed by atoms with van der Waals surface area (Å²) in [4.78, 5) is 29.0. The number of piperidine rings is 1. The fourth-order valence-electron chi connectivity index (χ4n) is 3.98. The van der Waals surface area contributed by atoms with Crippen molar-refractivity contribution in [2.45, 2.75) is 45.4 Å². The van der Waals surface area contributed by atoms with Crippen LogP contribution in [0.25, 0.3) is 0 Å². The highest BCUT2D eigenvalue weighted by atomic mass is 16.5. The molecule has 2 aliphatic heterocycles. The van der Waals surface area contributed by atoms with Gasteiger partial charge >= 0.3 is 0 Å². The van der Waals surface area contributed by atoms with Crippen molar-refractivity contribution >= 4 is 11.8 Å². The third-order valence-electron chi connectivity index (χ3n) is 5.50. The van der Waals surface area contributed by atoms with E-state index in [2.05, 4.69) is 0 Å². The summed E-state index contributed by atoms with van der Waals surface area (Å²) in [6.07, 6.45) is 5.06. The molecule has 0 radical (unpaired) electrons. The average Bonchev–Trinajstić information content (AvgIpc) is 3.21. The third-order valence-corrected chi connectivity index (χ3v) is 5.50. The number of nitrogens with zero attached hydrogens (tertiary/aromatic N) is 2. The zero-order valence-electron chi connectivity index (χ0n) is 15.8. The smallest absolute Gasteiger partial charge is 0.225 e. The van der Waals surface area contributed by atoms with Gasteiger partial charge in [0, 0.05) is 38.5 Å². The molecule has 2 heterocycles. The first-order valence-electron chi connectivity index (χ1n) is 9.96. The van der Waals surface area contributed by atoms with Crippen LogP contribution in [-0.4, -0.2) is 54.4 Å². The van der Waals surface area contributed by atoms with E-state index >= 15 is 0 Å². The maximum Gasteiger partial charge on any atom is 0.225 e. The second-order valence-electron chi connectivity index (χ2n) is 7.23. The van der Waals surface area contributed by atoms with Crippen molar-refractivity contribution in [3.63, 3.8) is 0 Å². The van der Waals surface area contributed by atoms with E-state index in [0.29, 0.717) is 38.4 Å². The van der Waals surface area contributed by atoms with Gasteiger partial charge in [0.05, 0.1) is 6.61 Å². The number of carbonyl (C=O) groups excluding carboxylic acids is 2. The molecule has 2 saturated heterocycles. The number of hydrogen-bond donors (Lipinski definition) is 0. The van der Waals surface area contributed by atoms with Crippen LogP contribution in [0.4, 0.5) is 0 Å². The molecular weight excluding hydrogens is 328 g/mol. The predicted molar refractivity (Wildman–Crippen MR) is 101 cm³/mol. The van der Waals surface area contributed by atoms with E-state index in [1.54, 1.807) is 0 Å². The Morgan fingerprint density at radius 2 is 1.73 bits per heavy atom. The molecule has 0 unspecified atom stereocenters. The van der Waals surface area contributed by atoms with E-state index in [4.69, 9.17) is 4.74 Å². The lowest BCUT2D eigenvalue weighted by molar-refractivity contribution is -0.140. The Balaban J connectivity index is 1.46. The fraction of sp³-hybridized carbons (Fsp3) is 0.619. The first-order chi connectivity index (χ1) is 12.7. The van der Waals surface area contributed by atoms with Crippen LogP contribution in [-0.2, 0) is 16.0 Å². The Morgan fingerprint density at radius 3 is 2.42 bits per heavy atom. The van der Waals surface area contributed by atoms with Gasteiger partial charge in [0.15, 0.2) is 0 Å². The molecular formula is C21H30N2O3. The van der Waals surface area contributed by atoms with Gasteiger partial charge in [-0.25, -0.2) is 0 Å². The summed E-state index contributed by atoms with van der Waals surface area (Å²) in [7, 11) is 0. The number of para-hydroxylation sites is 1. The summed E-state index contributed by atoms with van der Waals surface area (Å²) in [6.45, 7) is 5.83. The van der Waals surface area contributed by atoms with Crippen LogP contribution in [0, 0.1) is 5.92 Å². The van der Waals surface area contributed by atoms with Crippen molar-refractivity contribution in [1.82, 2.24) is 9.80 Å². The summed E-state index contributed by atoms with van der Waals surface area (Å²) in [6, 6.07) is 7.92. The van der Waals surface area contributed by atoms with Gasteiger partial charge in [0.1, 0.15) is 5.75 Å². The standard InChI is InChI=1S/C21H30N2O3/c1-2-26-19-8-4-3-7-17(19)9-10-20(24)22-15-11-18(12-16-22)21(25)23-13-5-6-14-23/h3-4,7-8,18H,2,5-6,9-16H2,1H3. The molecule has 2 aliphatic rings. The van der Waals surface area contributed by atoms with Crippen molar-refractivity contribution < 1.29 is 14.3 Å². The molecule has 142 valence electrons. The Labute approximate surface area is 156 Å². The number of aryl methyl sites for hydroxylation is 1. The highest BCUT2D eigenvalue weighted by molar-refractivity contribution is 5.80. The van der Waals surface area contributed by atoms with Crippen LogP contribution in [0.15, 0.2) is 24.3 Å². The SMILES string of the molecule is CCOc1ccccc1CCC(=O)N1CCC(C(=O)N2CCCC2)CC1. The van der Waals surface area contributed by atoms with Gasteiger partial charge in [-0.1, -0.05) is 18.2 Å². The Bertz CT molecular complexity index is 617. The summed E-state index contributed by atoms with van der Waals surface area (Å²) in [5.41, 5.74) is 1.08. The van der Waals surface area contributed by atoms with Crippen LogP contribution in [0.1, 0.15) is 44.6 Å². The Kier molecular flexibility index (Phi) is 6.53. The molecule has 0 saturated carbocycles. The van der Waals surface area contributed by atoms with Crippen molar-refractivity contribution in [3.05, 3.63) is 29.8 Å². The predicted octanol–water partition coefficient (Wildman–Crippen LogP) is 2.88. The van der Waals surface area contributed by atoms with Gasteiger partial charge < -0.3 is 14.5 Å². The highest BCUT2D eigenvalue weighted by Crippen LogP contribution is 2.24. The summed E-state index contributed by atoms with van der Waals surface area (Å²) < 4.78 is 5.64. The van der Waals surface area contributed by atoms with Crippen LogP contribution >= 0.6 is 0 Å². The van der Waals surface area contributed by atoms with Crippen LogP contribution in [0.3, 0.4) is 0 Å². The van der Waals surface area contributed by atoms with Crippen molar-refractivity contribution in [1.29, 1.82) is 0 Å². The maximum atomic E-state index is 12.6. The molecule has 0 atom stereocenters. The van der Waals surface area contributed by atoms with Crippen LogP contribution < -0.4 is 4.74 Å². The summed E-state index contributed by atoms with van der Waals surface area (Å²) in [5, 5.41) is 0. The van der Waals surface area contributed by atoms with Crippen molar-refractivity contribution in [2.24, 2.45) is 5.92 Å². The second kappa shape index (κ2) is 9.06. The van der Waals surface area contributed by atoms with Gasteiger partial charge in [-0.2, -0.15) is 0 Å². The summed E-state index contributed by atoms with van der Waals surface area (Å²) in [5.74, 6) is 1.47. The van der Waals surface area contributed by atoms with E-state index in [9.17, 15) is 9.59 Å². The van der Waals surface area contributed by atoms with Gasteiger partial charge in [0.25, 0.3) is 0 Å². The molecule has 0 aromatic heterocycles. The lowest BCUT2D eigenvalue weighted by atomic mass is 9.95. The van der Waals surface area contributed by atoms with E-state index in [1.807, 2.05) is 41.0 Å². The Hall–Kier alpha value is -2.04. The molecule has 0 N–H and O–H groups in total. The zero-order valence-corrected chi connectivity index (χ0v) is 15.8. The number of ether oxygens (including phenoxy) is 1. The van der Waals surface area contributed by atoms with Gasteiger partial charge in [0.2, 0.25) is 11.8 Å². The van der Waals surface area contributed by atoms with E-state index in [-0.39, 0.29) is 11.8 Å². The fourth-order valence-corrected chi connectivity index (χ4v) is 3.98. The first kappa shape index (κ1) is 18.7. The van der Waals surface area contributed by atoms with Gasteiger partial charge in [-0.15, -0.1) is 0 Å². The topological polar surface area (TPSA) is 49.9 Å². The molecule has 26 heavy (non-hydrogen) atoms. The third kappa shape index (κ3) is 4.57. The average molecular weight is 358 g/mol. The summed E-state index contributed by atoms with van der Waals surface area (Å²) >= 11 is 0. The van der Waals surface area contributed by atoms with E-state index < -0.39 is 0 Å². The number of carbonyl (C=O) groups is 2. The molecule has 0 bridgehead atoms. The molecule has 5 heteroatoms. The highest BCUT2D eigenvalue weighted by Gasteiger charge is 2.31. The first-order valence-corrected chi connectivity index (χ1v) is 9.96. The number of amides is 2. The molecule has 2 amide bonds. The van der Waals surface area contributed by atoms with Crippen LogP contribution in [0.5, 0.6) is 5.75 Å². The van der Waals surface area contributed by atoms with Crippen molar-refractivity contribution in [2.75, 3.05) is 32.8 Å². The molecule has 2 fully saturated rings. The monoisotopic (exact) mass is 358 g/mol. The Morgan fingerprint density at radius 1 is 1.04 bits per heavy atom. The minimum absolute atomic E-state index is 0.107. The normalized spacial score (nSPS) is 18.2. The molecule has 0 aliphatic carbocycles. The number of likely N-dealkylation sites (tertiary alicyclic amines) is 2. The maximum absolute atomic E-state index is 12.6. The van der Waals surface area contributed by atoms with Gasteiger partial charge in [-0.05, 0) is 50.7 Å². The number of benzene rings is 1. The lowest BCUT2D eigenvalue weighted by Gasteiger charge is -2.33. The molecule has 0 spiro atoms. The van der Waals surface area contributed by atoms with Gasteiger partial charge in [-0.3, -0.25) is 9.59 Å². The molecule has 1 aromatic carbocycles. The largest absolute Gasteiger partial charge is 0.494 e. The minimum Gasteiger partial charge on any atom is -0.494 e. The van der Waals surface area contributed by atoms with Crippen molar-refractivity contribution in [3.8, 4) is 5.75 Å². The molecule has 3 rings (SSSR count). The minimum atomic E-state index is 0.107. The molecule has 1 aromatic rings. The van der Waals surface area contributed by atoms with E-state index in [0.717, 1.165) is 50.1 Å². The number of hydrogen-bond acceptors (Lipinski definition) is 3. The lowest BCUT2D eigenvalue weighted by Crippen LogP contribution is -2.43. The van der Waals surface area contributed by atoms with Crippen LogP contribution in [0.2, 0.25) is 0 Å². The zero-order chi connectivity index (χ0) is 18.4. The second-order valence-corrected chi connectivity index (χ2v) is 7.23.